The van der Waals surface area contributed by atoms with E-state index in [1.807, 2.05) is 24.3 Å². The number of ether oxygens (including phenoxy) is 1. The molecule has 3 N–H and O–H groups in total. The Bertz CT molecular complexity index is 334. The van der Waals surface area contributed by atoms with Crippen molar-refractivity contribution < 1.29 is 9.84 Å². The predicted molar refractivity (Wildman–Crippen MR) is 58.7 cm³/mol. The monoisotopic (exact) mass is 207 g/mol. The average molecular weight is 207 g/mol. The lowest BCUT2D eigenvalue weighted by Crippen LogP contribution is -2.24. The summed E-state index contributed by atoms with van der Waals surface area (Å²) in [6.45, 7) is 1.79. The van der Waals surface area contributed by atoms with E-state index < -0.39 is 6.10 Å². The van der Waals surface area contributed by atoms with E-state index in [4.69, 9.17) is 10.5 Å². The molecule has 0 saturated heterocycles. The molecule has 3 nitrogen and oxygen atoms in total. The number of rotatable bonds is 4. The number of benzene rings is 1. The minimum absolute atomic E-state index is 0.283. The van der Waals surface area contributed by atoms with Crippen molar-refractivity contribution in [3.63, 3.8) is 0 Å². The molecule has 0 spiro atoms. The van der Waals surface area contributed by atoms with Crippen LogP contribution in [0.1, 0.15) is 31.4 Å². The summed E-state index contributed by atoms with van der Waals surface area (Å²) in [6.07, 6.45) is 1.91. The van der Waals surface area contributed by atoms with Gasteiger partial charge in [0.15, 0.2) is 0 Å². The van der Waals surface area contributed by atoms with Crippen molar-refractivity contribution in [1.82, 2.24) is 0 Å². The highest BCUT2D eigenvalue weighted by Crippen LogP contribution is 2.32. The van der Waals surface area contributed by atoms with Gasteiger partial charge >= 0.3 is 0 Å². The lowest BCUT2D eigenvalue weighted by atomic mass is 10.0. The molecule has 0 amide bonds. The predicted octanol–water partition coefficient (Wildman–Crippen LogP) is 1.61. The van der Waals surface area contributed by atoms with Crippen molar-refractivity contribution >= 4 is 0 Å². The van der Waals surface area contributed by atoms with Gasteiger partial charge in [-0.1, -0.05) is 18.2 Å². The molecule has 0 aromatic heterocycles. The number of para-hydroxylation sites is 1. The summed E-state index contributed by atoms with van der Waals surface area (Å²) in [7, 11) is 0. The molecule has 1 aromatic carbocycles. The first-order valence-corrected chi connectivity index (χ1v) is 5.37. The Morgan fingerprint density at radius 2 is 2.07 bits per heavy atom. The third-order valence-electron chi connectivity index (χ3n) is 2.55. The molecule has 2 rings (SSSR count). The molecule has 1 aliphatic carbocycles. The Morgan fingerprint density at radius 3 is 2.67 bits per heavy atom. The van der Waals surface area contributed by atoms with Crippen LogP contribution in [0.5, 0.6) is 5.75 Å². The van der Waals surface area contributed by atoms with E-state index in [0.29, 0.717) is 6.10 Å². The van der Waals surface area contributed by atoms with Crippen molar-refractivity contribution in [1.29, 1.82) is 0 Å². The Kier molecular flexibility index (Phi) is 2.93. The molecule has 1 fully saturated rings. The summed E-state index contributed by atoms with van der Waals surface area (Å²) in [4.78, 5) is 0. The minimum atomic E-state index is -0.653. The molecular weight excluding hydrogens is 190 g/mol. The van der Waals surface area contributed by atoms with Gasteiger partial charge in [-0.3, -0.25) is 0 Å². The normalized spacial score (nSPS) is 19.7. The van der Waals surface area contributed by atoms with Crippen LogP contribution in [0, 0.1) is 0 Å². The summed E-state index contributed by atoms with van der Waals surface area (Å²) in [6, 6.07) is 7.27. The van der Waals surface area contributed by atoms with E-state index in [9.17, 15) is 5.11 Å². The van der Waals surface area contributed by atoms with Crippen molar-refractivity contribution in [2.75, 3.05) is 0 Å². The summed E-state index contributed by atoms with van der Waals surface area (Å²) in [5, 5.41) is 9.91. The molecule has 2 unspecified atom stereocenters. The molecule has 82 valence electrons. The van der Waals surface area contributed by atoms with Crippen molar-refractivity contribution in [2.45, 2.75) is 38.0 Å². The van der Waals surface area contributed by atoms with Gasteiger partial charge in [0, 0.05) is 11.6 Å². The number of hydrogen-bond donors (Lipinski definition) is 2. The lowest BCUT2D eigenvalue weighted by Gasteiger charge is -2.18. The van der Waals surface area contributed by atoms with E-state index >= 15 is 0 Å². The summed E-state index contributed by atoms with van der Waals surface area (Å²) < 4.78 is 5.71. The molecule has 3 heteroatoms. The third kappa shape index (κ3) is 2.49. The molecule has 1 aromatic rings. The second kappa shape index (κ2) is 4.21. The topological polar surface area (TPSA) is 55.5 Å². The number of aliphatic hydroxyl groups excluding tert-OH is 1. The van der Waals surface area contributed by atoms with E-state index in [1.54, 1.807) is 6.92 Å². The van der Waals surface area contributed by atoms with Gasteiger partial charge < -0.3 is 15.6 Å². The van der Waals surface area contributed by atoms with Crippen LogP contribution in [-0.2, 0) is 0 Å². The Morgan fingerprint density at radius 1 is 1.40 bits per heavy atom. The fraction of sp³-hybridized carbons (Fsp3) is 0.500. The first kappa shape index (κ1) is 10.5. The SMILES string of the molecule is CC(N)C(O)c1ccccc1OC1CC1. The Hall–Kier alpha value is -1.06. The van der Waals surface area contributed by atoms with Crippen LogP contribution in [0.4, 0.5) is 0 Å². The maximum Gasteiger partial charge on any atom is 0.125 e. The molecule has 0 heterocycles. The number of hydrogen-bond acceptors (Lipinski definition) is 3. The van der Waals surface area contributed by atoms with Gasteiger partial charge in [0.2, 0.25) is 0 Å². The zero-order valence-corrected chi connectivity index (χ0v) is 8.89. The fourth-order valence-electron chi connectivity index (χ4n) is 1.48. The molecule has 0 bridgehead atoms. The van der Waals surface area contributed by atoms with E-state index in [2.05, 4.69) is 0 Å². The van der Waals surface area contributed by atoms with Gasteiger partial charge in [-0.25, -0.2) is 0 Å². The molecule has 1 aliphatic rings. The van der Waals surface area contributed by atoms with Crippen LogP contribution in [-0.4, -0.2) is 17.3 Å². The van der Waals surface area contributed by atoms with Crippen LogP contribution < -0.4 is 10.5 Å². The molecular formula is C12H17NO2. The summed E-state index contributed by atoms with van der Waals surface area (Å²) >= 11 is 0. The second-order valence-electron chi connectivity index (χ2n) is 4.16. The van der Waals surface area contributed by atoms with Gasteiger partial charge in [0.05, 0.1) is 12.2 Å². The molecule has 0 aliphatic heterocycles. The van der Waals surface area contributed by atoms with Crippen molar-refractivity contribution in [2.24, 2.45) is 5.73 Å². The highest BCUT2D eigenvalue weighted by atomic mass is 16.5. The van der Waals surface area contributed by atoms with E-state index in [-0.39, 0.29) is 6.04 Å². The van der Waals surface area contributed by atoms with Crippen LogP contribution in [0.15, 0.2) is 24.3 Å². The van der Waals surface area contributed by atoms with Crippen LogP contribution in [0.2, 0.25) is 0 Å². The van der Waals surface area contributed by atoms with E-state index in [1.165, 1.54) is 0 Å². The van der Waals surface area contributed by atoms with Gasteiger partial charge in [0.25, 0.3) is 0 Å². The average Bonchev–Trinajstić information content (AvgIpc) is 3.01. The van der Waals surface area contributed by atoms with Gasteiger partial charge in [-0.2, -0.15) is 0 Å². The highest BCUT2D eigenvalue weighted by molar-refractivity contribution is 5.36. The van der Waals surface area contributed by atoms with Gasteiger partial charge in [-0.05, 0) is 25.8 Å². The standard InChI is InChI=1S/C12H17NO2/c1-8(13)12(14)10-4-2-3-5-11(10)15-9-6-7-9/h2-5,8-9,12,14H,6-7,13H2,1H3. The maximum atomic E-state index is 9.91. The quantitative estimate of drug-likeness (QED) is 0.788. The van der Waals surface area contributed by atoms with Crippen LogP contribution in [0.3, 0.4) is 0 Å². The van der Waals surface area contributed by atoms with Crippen LogP contribution >= 0.6 is 0 Å². The Balaban J connectivity index is 2.19. The smallest absolute Gasteiger partial charge is 0.125 e. The van der Waals surface area contributed by atoms with Crippen molar-refractivity contribution in [3.8, 4) is 5.75 Å². The molecule has 1 saturated carbocycles. The molecule has 2 atom stereocenters. The number of aliphatic hydroxyl groups is 1. The van der Waals surface area contributed by atoms with Gasteiger partial charge in [0.1, 0.15) is 5.75 Å². The van der Waals surface area contributed by atoms with Crippen LogP contribution in [0.25, 0.3) is 0 Å². The van der Waals surface area contributed by atoms with Crippen molar-refractivity contribution in [3.05, 3.63) is 29.8 Å². The third-order valence-corrected chi connectivity index (χ3v) is 2.55. The highest BCUT2D eigenvalue weighted by Gasteiger charge is 2.26. The first-order valence-electron chi connectivity index (χ1n) is 5.37. The maximum absolute atomic E-state index is 9.91. The number of nitrogens with two attached hydrogens (primary N) is 1. The summed E-state index contributed by atoms with van der Waals surface area (Å²) in [5.74, 6) is 0.768. The second-order valence-corrected chi connectivity index (χ2v) is 4.16. The minimum Gasteiger partial charge on any atom is -0.490 e. The zero-order valence-electron chi connectivity index (χ0n) is 8.89. The Labute approximate surface area is 89.9 Å². The van der Waals surface area contributed by atoms with E-state index in [0.717, 1.165) is 24.2 Å². The fourth-order valence-corrected chi connectivity index (χ4v) is 1.48. The zero-order chi connectivity index (χ0) is 10.8. The summed E-state index contributed by atoms with van der Waals surface area (Å²) in [5.41, 5.74) is 6.47. The first-order chi connectivity index (χ1) is 7.18. The molecule has 0 radical (unpaired) electrons. The largest absolute Gasteiger partial charge is 0.490 e. The van der Waals surface area contributed by atoms with Gasteiger partial charge in [-0.15, -0.1) is 0 Å². The molecule has 15 heavy (non-hydrogen) atoms. The lowest BCUT2D eigenvalue weighted by molar-refractivity contribution is 0.147.